The second-order valence-electron chi connectivity index (χ2n) is 4.75. The quantitative estimate of drug-likeness (QED) is 0.720. The highest BCUT2D eigenvalue weighted by Gasteiger charge is 2.41. The van der Waals surface area contributed by atoms with Crippen molar-refractivity contribution in [3.8, 4) is 0 Å². The van der Waals surface area contributed by atoms with Crippen molar-refractivity contribution in [2.24, 2.45) is 17.8 Å². The third kappa shape index (κ3) is 2.00. The van der Waals surface area contributed by atoms with Crippen LogP contribution in [0.5, 0.6) is 0 Å². The molecule has 0 amide bonds. The average molecular weight is 227 g/mol. The predicted molar refractivity (Wildman–Crippen MR) is 56.3 cm³/mol. The highest BCUT2D eigenvalue weighted by Crippen LogP contribution is 2.49. The van der Waals surface area contributed by atoms with E-state index in [1.165, 1.54) is 25.7 Å². The van der Waals surface area contributed by atoms with Crippen molar-refractivity contribution in [1.29, 1.82) is 0 Å². The van der Waals surface area contributed by atoms with Crippen LogP contribution in [0.3, 0.4) is 0 Å². The van der Waals surface area contributed by atoms with Gasteiger partial charge in [-0.3, -0.25) is 0 Å². The van der Waals surface area contributed by atoms with Crippen molar-refractivity contribution in [3.05, 3.63) is 5.82 Å². The van der Waals surface area contributed by atoms with E-state index in [9.17, 15) is 0 Å². The number of tetrazole rings is 1. The summed E-state index contributed by atoms with van der Waals surface area (Å²) in [5.41, 5.74) is 0. The van der Waals surface area contributed by atoms with E-state index in [2.05, 4.69) is 15.5 Å². The molecule has 2 aliphatic rings. The van der Waals surface area contributed by atoms with Crippen molar-refractivity contribution >= 4 is 11.6 Å². The Bertz CT molecular complexity index is 331. The Kier molecular flexibility index (Phi) is 2.39. The first-order valence-electron chi connectivity index (χ1n) is 5.69. The number of nitrogens with zero attached hydrogens (tertiary/aromatic N) is 4. The van der Waals surface area contributed by atoms with Crippen LogP contribution in [-0.2, 0) is 12.4 Å². The van der Waals surface area contributed by atoms with Crippen LogP contribution in [-0.4, -0.2) is 20.2 Å². The molecule has 0 radical (unpaired) electrons. The van der Waals surface area contributed by atoms with Crippen molar-refractivity contribution in [1.82, 2.24) is 20.2 Å². The third-order valence-corrected chi connectivity index (χ3v) is 3.80. The highest BCUT2D eigenvalue weighted by atomic mass is 35.5. The van der Waals surface area contributed by atoms with Crippen LogP contribution < -0.4 is 0 Å². The largest absolute Gasteiger partial charge is 0.228 e. The molecule has 4 nitrogen and oxygen atoms in total. The van der Waals surface area contributed by atoms with Gasteiger partial charge in [0.15, 0.2) is 5.82 Å². The van der Waals surface area contributed by atoms with Crippen molar-refractivity contribution in [3.63, 3.8) is 0 Å². The van der Waals surface area contributed by atoms with Crippen LogP contribution in [0.25, 0.3) is 0 Å². The fourth-order valence-electron chi connectivity index (χ4n) is 2.39. The fraction of sp³-hybridized carbons (Fsp3) is 0.900. The lowest BCUT2D eigenvalue weighted by Gasteiger charge is -2.15. The molecule has 0 saturated heterocycles. The van der Waals surface area contributed by atoms with E-state index in [0.717, 1.165) is 30.1 Å². The Morgan fingerprint density at radius 2 is 1.93 bits per heavy atom. The zero-order valence-corrected chi connectivity index (χ0v) is 9.40. The zero-order valence-electron chi connectivity index (χ0n) is 8.64. The lowest BCUT2D eigenvalue weighted by molar-refractivity contribution is 0.326. The SMILES string of the molecule is ClCc1nnnn1CC(C1CC1)C1CC1. The van der Waals surface area contributed by atoms with Crippen molar-refractivity contribution in [2.45, 2.75) is 38.1 Å². The second kappa shape index (κ2) is 3.74. The molecule has 5 heteroatoms. The molecule has 0 aromatic carbocycles. The summed E-state index contributed by atoms with van der Waals surface area (Å²) in [6.45, 7) is 0.977. The van der Waals surface area contributed by atoms with E-state index in [1.807, 2.05) is 4.68 Å². The highest BCUT2D eigenvalue weighted by molar-refractivity contribution is 6.16. The van der Waals surface area contributed by atoms with Gasteiger partial charge in [0.2, 0.25) is 0 Å². The normalized spacial score (nSPS) is 21.2. The molecule has 1 aromatic heterocycles. The van der Waals surface area contributed by atoms with Crippen molar-refractivity contribution < 1.29 is 0 Å². The standard InChI is InChI=1S/C10H15ClN4/c11-5-10-12-13-14-15(10)6-9(7-1-2-7)8-3-4-8/h7-9H,1-6H2. The van der Waals surface area contributed by atoms with Gasteiger partial charge in [0.25, 0.3) is 0 Å². The number of halogens is 1. The van der Waals surface area contributed by atoms with E-state index in [0.29, 0.717) is 5.88 Å². The topological polar surface area (TPSA) is 43.6 Å². The van der Waals surface area contributed by atoms with Gasteiger partial charge in [-0.1, -0.05) is 0 Å². The summed E-state index contributed by atoms with van der Waals surface area (Å²) in [4.78, 5) is 0. The van der Waals surface area contributed by atoms with Gasteiger partial charge >= 0.3 is 0 Å². The first kappa shape index (κ1) is 9.58. The Morgan fingerprint density at radius 1 is 1.27 bits per heavy atom. The summed E-state index contributed by atoms with van der Waals surface area (Å²) in [6.07, 6.45) is 5.61. The molecular weight excluding hydrogens is 212 g/mol. The Balaban J connectivity index is 1.71. The second-order valence-corrected chi connectivity index (χ2v) is 5.02. The van der Waals surface area contributed by atoms with Crippen LogP contribution in [0.15, 0.2) is 0 Å². The molecule has 1 heterocycles. The Hall–Kier alpha value is -0.640. The van der Waals surface area contributed by atoms with Gasteiger partial charge in [-0.15, -0.1) is 16.7 Å². The average Bonchev–Trinajstić information content (AvgIpc) is 3.14. The van der Waals surface area contributed by atoms with E-state index < -0.39 is 0 Å². The Morgan fingerprint density at radius 3 is 2.47 bits per heavy atom. The maximum Gasteiger partial charge on any atom is 0.166 e. The lowest BCUT2D eigenvalue weighted by Crippen LogP contribution is -2.17. The van der Waals surface area contributed by atoms with Crippen LogP contribution in [0.2, 0.25) is 0 Å². The lowest BCUT2D eigenvalue weighted by atomic mass is 9.98. The van der Waals surface area contributed by atoms with Gasteiger partial charge in [-0.2, -0.15) is 0 Å². The smallest absolute Gasteiger partial charge is 0.166 e. The maximum absolute atomic E-state index is 5.78. The summed E-state index contributed by atoms with van der Waals surface area (Å²) < 4.78 is 1.90. The number of aromatic nitrogens is 4. The summed E-state index contributed by atoms with van der Waals surface area (Å²) in [7, 11) is 0. The molecule has 0 unspecified atom stereocenters. The Labute approximate surface area is 94.0 Å². The molecule has 15 heavy (non-hydrogen) atoms. The van der Waals surface area contributed by atoms with E-state index in [-0.39, 0.29) is 0 Å². The molecule has 0 aliphatic heterocycles. The number of rotatable bonds is 5. The van der Waals surface area contributed by atoms with Crippen LogP contribution in [0.1, 0.15) is 31.5 Å². The molecular formula is C10H15ClN4. The molecule has 2 aliphatic carbocycles. The first-order chi connectivity index (χ1) is 7.38. The minimum absolute atomic E-state index is 0.412. The maximum atomic E-state index is 5.78. The third-order valence-electron chi connectivity index (χ3n) is 3.56. The van der Waals surface area contributed by atoms with Crippen LogP contribution >= 0.6 is 11.6 Å². The molecule has 0 N–H and O–H groups in total. The van der Waals surface area contributed by atoms with E-state index >= 15 is 0 Å². The number of hydrogen-bond acceptors (Lipinski definition) is 3. The van der Waals surface area contributed by atoms with Crippen LogP contribution in [0, 0.1) is 17.8 Å². The van der Waals surface area contributed by atoms with E-state index in [1.54, 1.807) is 0 Å². The van der Waals surface area contributed by atoms with Gasteiger partial charge in [0.1, 0.15) is 0 Å². The van der Waals surface area contributed by atoms with Gasteiger partial charge in [0.05, 0.1) is 5.88 Å². The molecule has 82 valence electrons. The summed E-state index contributed by atoms with van der Waals surface area (Å²) in [5, 5.41) is 11.6. The monoisotopic (exact) mass is 226 g/mol. The summed E-state index contributed by atoms with van der Waals surface area (Å²) in [6, 6.07) is 0. The van der Waals surface area contributed by atoms with Gasteiger partial charge in [-0.25, -0.2) is 4.68 Å². The van der Waals surface area contributed by atoms with Gasteiger partial charge in [-0.05, 0) is 53.9 Å². The summed E-state index contributed by atoms with van der Waals surface area (Å²) in [5.74, 6) is 3.89. The number of hydrogen-bond donors (Lipinski definition) is 0. The first-order valence-corrected chi connectivity index (χ1v) is 6.23. The molecule has 1 aromatic rings. The fourth-order valence-corrected chi connectivity index (χ4v) is 2.58. The predicted octanol–water partition coefficient (Wildman–Crippen LogP) is 1.85. The minimum Gasteiger partial charge on any atom is -0.228 e. The molecule has 3 rings (SSSR count). The zero-order chi connectivity index (χ0) is 10.3. The molecule has 0 spiro atoms. The van der Waals surface area contributed by atoms with Gasteiger partial charge < -0.3 is 0 Å². The molecule has 0 atom stereocenters. The van der Waals surface area contributed by atoms with Crippen molar-refractivity contribution in [2.75, 3.05) is 0 Å². The molecule has 2 saturated carbocycles. The van der Waals surface area contributed by atoms with Crippen LogP contribution in [0.4, 0.5) is 0 Å². The number of alkyl halides is 1. The van der Waals surface area contributed by atoms with Gasteiger partial charge in [0, 0.05) is 6.54 Å². The van der Waals surface area contributed by atoms with E-state index in [4.69, 9.17) is 11.6 Å². The molecule has 2 fully saturated rings. The minimum atomic E-state index is 0.412. The molecule has 0 bridgehead atoms. The summed E-state index contributed by atoms with van der Waals surface area (Å²) >= 11 is 5.78.